The first-order chi connectivity index (χ1) is 11.0. The van der Waals surface area contributed by atoms with Crippen molar-refractivity contribution in [1.82, 2.24) is 15.1 Å². The normalized spacial score (nSPS) is 11.0. The van der Waals surface area contributed by atoms with Crippen LogP contribution >= 0.6 is 0 Å². The molecule has 2 rings (SSSR count). The molecule has 2 aromatic rings. The summed E-state index contributed by atoms with van der Waals surface area (Å²) in [7, 11) is 0. The zero-order valence-corrected chi connectivity index (χ0v) is 14.6. The van der Waals surface area contributed by atoms with Gasteiger partial charge in [-0.15, -0.1) is 0 Å². The molecule has 0 saturated carbocycles. The largest absolute Gasteiger partial charge is 0.356 e. The molecule has 1 aromatic heterocycles. The van der Waals surface area contributed by atoms with E-state index in [4.69, 9.17) is 0 Å². The lowest BCUT2D eigenvalue weighted by Crippen LogP contribution is -2.25. The Hall–Kier alpha value is -2.10. The number of carbonyl (C=O) groups is 1. The van der Waals surface area contributed by atoms with Crippen LogP contribution in [0.1, 0.15) is 43.6 Å². The monoisotopic (exact) mass is 313 g/mol. The predicted octanol–water partition coefficient (Wildman–Crippen LogP) is 3.58. The molecule has 4 nitrogen and oxygen atoms in total. The fourth-order valence-corrected chi connectivity index (χ4v) is 2.55. The minimum atomic E-state index is 0.151. The topological polar surface area (TPSA) is 46.9 Å². The van der Waals surface area contributed by atoms with Crippen LogP contribution in [0.15, 0.2) is 30.3 Å². The summed E-state index contributed by atoms with van der Waals surface area (Å²) in [6.07, 6.45) is 2.42. The molecule has 0 aliphatic rings. The molecule has 124 valence electrons. The van der Waals surface area contributed by atoms with Gasteiger partial charge in [0.1, 0.15) is 0 Å². The van der Waals surface area contributed by atoms with Gasteiger partial charge in [0.05, 0.1) is 11.4 Å². The number of aromatic nitrogens is 2. The van der Waals surface area contributed by atoms with E-state index in [1.54, 1.807) is 0 Å². The number of benzene rings is 1. The summed E-state index contributed by atoms with van der Waals surface area (Å²) < 4.78 is 1.95. The molecule has 0 atom stereocenters. The third-order valence-electron chi connectivity index (χ3n) is 3.88. The van der Waals surface area contributed by atoms with E-state index in [0.717, 1.165) is 29.9 Å². The van der Waals surface area contributed by atoms with E-state index in [-0.39, 0.29) is 5.91 Å². The third-order valence-corrected chi connectivity index (χ3v) is 3.88. The van der Waals surface area contributed by atoms with Crippen molar-refractivity contribution in [2.45, 2.75) is 47.0 Å². The Balaban J connectivity index is 1.84. The van der Waals surface area contributed by atoms with Gasteiger partial charge < -0.3 is 5.32 Å². The van der Waals surface area contributed by atoms with Gasteiger partial charge in [-0.05, 0) is 56.4 Å². The third kappa shape index (κ3) is 5.23. The maximum absolute atomic E-state index is 11.7. The second kappa shape index (κ2) is 7.95. The average molecular weight is 313 g/mol. The van der Waals surface area contributed by atoms with Crippen molar-refractivity contribution in [3.8, 4) is 5.69 Å². The molecule has 0 spiro atoms. The standard InChI is InChI=1S/C19H27N3O/c1-14(2)5-10-19(23)20-12-11-17-6-8-18(9-7-17)22-16(4)13-15(3)21-22/h6-9,13-14H,5,10-12H2,1-4H3,(H,20,23). The summed E-state index contributed by atoms with van der Waals surface area (Å²) in [4.78, 5) is 11.7. The Morgan fingerprint density at radius 3 is 2.48 bits per heavy atom. The average Bonchev–Trinajstić information content (AvgIpc) is 2.84. The summed E-state index contributed by atoms with van der Waals surface area (Å²) in [5.74, 6) is 0.723. The Morgan fingerprint density at radius 1 is 1.22 bits per heavy atom. The summed E-state index contributed by atoms with van der Waals surface area (Å²) in [5.41, 5.74) is 4.45. The molecule has 1 heterocycles. The Bertz CT molecular complexity index is 641. The van der Waals surface area contributed by atoms with Crippen molar-refractivity contribution in [2.24, 2.45) is 5.92 Å². The van der Waals surface area contributed by atoms with Gasteiger partial charge in [-0.3, -0.25) is 4.79 Å². The van der Waals surface area contributed by atoms with Gasteiger partial charge in [0.25, 0.3) is 0 Å². The van der Waals surface area contributed by atoms with E-state index in [2.05, 4.69) is 61.5 Å². The van der Waals surface area contributed by atoms with Crippen molar-refractivity contribution in [1.29, 1.82) is 0 Å². The number of hydrogen-bond donors (Lipinski definition) is 1. The summed E-state index contributed by atoms with van der Waals surface area (Å²) in [6, 6.07) is 10.4. The van der Waals surface area contributed by atoms with Crippen molar-refractivity contribution in [3.63, 3.8) is 0 Å². The highest BCUT2D eigenvalue weighted by atomic mass is 16.1. The Labute approximate surface area is 138 Å². The van der Waals surface area contributed by atoms with Crippen molar-refractivity contribution in [2.75, 3.05) is 6.54 Å². The maximum Gasteiger partial charge on any atom is 0.220 e. The molecular weight excluding hydrogens is 286 g/mol. The van der Waals surface area contributed by atoms with Gasteiger partial charge in [-0.25, -0.2) is 4.68 Å². The molecule has 0 bridgehead atoms. The molecule has 1 N–H and O–H groups in total. The lowest BCUT2D eigenvalue weighted by molar-refractivity contribution is -0.121. The van der Waals surface area contributed by atoms with Gasteiger partial charge in [0.2, 0.25) is 5.91 Å². The van der Waals surface area contributed by atoms with E-state index in [1.165, 1.54) is 5.56 Å². The predicted molar refractivity (Wildman–Crippen MR) is 93.8 cm³/mol. The zero-order chi connectivity index (χ0) is 16.8. The van der Waals surface area contributed by atoms with Crippen LogP contribution in [0.3, 0.4) is 0 Å². The molecule has 0 aliphatic carbocycles. The molecule has 0 unspecified atom stereocenters. The lowest BCUT2D eigenvalue weighted by Gasteiger charge is -2.08. The molecule has 23 heavy (non-hydrogen) atoms. The van der Waals surface area contributed by atoms with E-state index < -0.39 is 0 Å². The summed E-state index contributed by atoms with van der Waals surface area (Å²) >= 11 is 0. The molecule has 0 fully saturated rings. The van der Waals surface area contributed by atoms with Crippen LogP contribution in [0.5, 0.6) is 0 Å². The van der Waals surface area contributed by atoms with Crippen molar-refractivity contribution < 1.29 is 4.79 Å². The van der Waals surface area contributed by atoms with Gasteiger partial charge in [0, 0.05) is 18.7 Å². The highest BCUT2D eigenvalue weighted by Gasteiger charge is 2.05. The second-order valence-electron chi connectivity index (χ2n) is 6.54. The fraction of sp³-hybridized carbons (Fsp3) is 0.474. The van der Waals surface area contributed by atoms with Crippen LogP contribution in [0.4, 0.5) is 0 Å². The molecular formula is C19H27N3O. The minimum absolute atomic E-state index is 0.151. The highest BCUT2D eigenvalue weighted by molar-refractivity contribution is 5.75. The molecule has 0 aliphatic heterocycles. The van der Waals surface area contributed by atoms with Crippen LogP contribution in [-0.4, -0.2) is 22.2 Å². The smallest absolute Gasteiger partial charge is 0.220 e. The van der Waals surface area contributed by atoms with E-state index >= 15 is 0 Å². The Kier molecular flexibility index (Phi) is 5.97. The lowest BCUT2D eigenvalue weighted by atomic mass is 10.1. The summed E-state index contributed by atoms with van der Waals surface area (Å²) in [6.45, 7) is 9.02. The van der Waals surface area contributed by atoms with Crippen molar-refractivity contribution in [3.05, 3.63) is 47.3 Å². The number of aryl methyl sites for hydroxylation is 2. The molecule has 4 heteroatoms. The number of hydrogen-bond acceptors (Lipinski definition) is 2. The van der Waals surface area contributed by atoms with E-state index in [9.17, 15) is 4.79 Å². The number of amides is 1. The quantitative estimate of drug-likeness (QED) is 0.849. The number of carbonyl (C=O) groups excluding carboxylic acids is 1. The first kappa shape index (κ1) is 17.3. The second-order valence-corrected chi connectivity index (χ2v) is 6.54. The number of nitrogens with zero attached hydrogens (tertiary/aromatic N) is 2. The van der Waals surface area contributed by atoms with Crippen LogP contribution < -0.4 is 5.32 Å². The maximum atomic E-state index is 11.7. The molecule has 1 amide bonds. The first-order valence-electron chi connectivity index (χ1n) is 8.35. The number of rotatable bonds is 7. The summed E-state index contributed by atoms with van der Waals surface area (Å²) in [5, 5.41) is 7.48. The van der Waals surface area contributed by atoms with Crippen LogP contribution in [-0.2, 0) is 11.2 Å². The van der Waals surface area contributed by atoms with Gasteiger partial charge in [-0.2, -0.15) is 5.10 Å². The van der Waals surface area contributed by atoms with Crippen LogP contribution in [0, 0.1) is 19.8 Å². The minimum Gasteiger partial charge on any atom is -0.356 e. The number of nitrogens with one attached hydrogen (secondary N) is 1. The van der Waals surface area contributed by atoms with Crippen LogP contribution in [0.25, 0.3) is 5.69 Å². The fourth-order valence-electron chi connectivity index (χ4n) is 2.55. The van der Waals surface area contributed by atoms with E-state index in [1.807, 2.05) is 11.6 Å². The Morgan fingerprint density at radius 2 is 1.91 bits per heavy atom. The van der Waals surface area contributed by atoms with Gasteiger partial charge in [-0.1, -0.05) is 26.0 Å². The molecule has 0 saturated heterocycles. The van der Waals surface area contributed by atoms with Crippen molar-refractivity contribution >= 4 is 5.91 Å². The van der Waals surface area contributed by atoms with Crippen LogP contribution in [0.2, 0.25) is 0 Å². The van der Waals surface area contributed by atoms with Gasteiger partial charge >= 0.3 is 0 Å². The van der Waals surface area contributed by atoms with E-state index in [0.29, 0.717) is 18.9 Å². The SMILES string of the molecule is Cc1cc(C)n(-c2ccc(CCNC(=O)CCC(C)C)cc2)n1. The zero-order valence-electron chi connectivity index (χ0n) is 14.6. The molecule has 0 radical (unpaired) electrons. The highest BCUT2D eigenvalue weighted by Crippen LogP contribution is 2.13. The van der Waals surface area contributed by atoms with Gasteiger partial charge in [0.15, 0.2) is 0 Å². The first-order valence-corrected chi connectivity index (χ1v) is 8.35. The molecule has 1 aromatic carbocycles.